The van der Waals surface area contributed by atoms with Gasteiger partial charge in [0, 0.05) is 15.4 Å². The summed E-state index contributed by atoms with van der Waals surface area (Å²) in [5, 5.41) is 3.66. The molecule has 0 amide bonds. The van der Waals surface area contributed by atoms with Crippen molar-refractivity contribution in [1.82, 2.24) is 5.32 Å². The molecule has 0 bridgehead atoms. The van der Waals surface area contributed by atoms with Crippen LogP contribution in [0.15, 0.2) is 10.5 Å². The molecule has 1 nitrogen and oxygen atoms in total. The van der Waals surface area contributed by atoms with Crippen LogP contribution in [0.3, 0.4) is 0 Å². The summed E-state index contributed by atoms with van der Waals surface area (Å²) in [6.45, 7) is 3.30. The topological polar surface area (TPSA) is 12.0 Å². The van der Waals surface area contributed by atoms with Crippen molar-refractivity contribution in [2.24, 2.45) is 5.92 Å². The molecule has 16 heavy (non-hydrogen) atoms. The molecule has 1 aliphatic carbocycles. The number of nitrogens with one attached hydrogen (secondary N) is 1. The first kappa shape index (κ1) is 12.9. The van der Waals surface area contributed by atoms with Crippen LogP contribution in [0.4, 0.5) is 0 Å². The average molecular weight is 323 g/mol. The molecule has 1 aromatic rings. The van der Waals surface area contributed by atoms with Gasteiger partial charge in [0.1, 0.15) is 4.34 Å². The van der Waals surface area contributed by atoms with E-state index in [-0.39, 0.29) is 0 Å². The van der Waals surface area contributed by atoms with Crippen LogP contribution in [-0.4, -0.2) is 6.54 Å². The maximum Gasteiger partial charge on any atom is 0.107 e. The van der Waals surface area contributed by atoms with Gasteiger partial charge >= 0.3 is 0 Å². The van der Waals surface area contributed by atoms with Crippen LogP contribution in [0.1, 0.15) is 43.5 Å². The predicted molar refractivity (Wildman–Crippen MR) is 75.4 cm³/mol. The Morgan fingerprint density at radius 1 is 1.62 bits per heavy atom. The molecule has 1 heterocycles. The smallest absolute Gasteiger partial charge is 0.107 e. The highest BCUT2D eigenvalue weighted by Crippen LogP contribution is 2.43. The van der Waals surface area contributed by atoms with E-state index in [1.54, 1.807) is 11.3 Å². The molecular formula is C12H17BrClNS. The van der Waals surface area contributed by atoms with Gasteiger partial charge < -0.3 is 5.32 Å². The van der Waals surface area contributed by atoms with Crippen LogP contribution in [0, 0.1) is 5.92 Å². The Kier molecular flexibility index (Phi) is 4.71. The van der Waals surface area contributed by atoms with Crippen molar-refractivity contribution in [3.8, 4) is 0 Å². The molecule has 2 rings (SSSR count). The molecule has 1 N–H and O–H groups in total. The second-order valence-corrected chi connectivity index (χ2v) is 6.93. The van der Waals surface area contributed by atoms with Gasteiger partial charge in [-0.3, -0.25) is 0 Å². The lowest BCUT2D eigenvalue weighted by Gasteiger charge is -2.34. The zero-order valence-electron chi connectivity index (χ0n) is 9.43. The van der Waals surface area contributed by atoms with Crippen LogP contribution >= 0.6 is 38.9 Å². The summed E-state index contributed by atoms with van der Waals surface area (Å²) in [5.74, 6) is 0.813. The van der Waals surface area contributed by atoms with E-state index in [0.717, 1.165) is 21.3 Å². The van der Waals surface area contributed by atoms with E-state index in [9.17, 15) is 0 Å². The zero-order valence-corrected chi connectivity index (χ0v) is 12.6. The summed E-state index contributed by atoms with van der Waals surface area (Å²) >= 11 is 11.3. The van der Waals surface area contributed by atoms with Gasteiger partial charge in [0.25, 0.3) is 0 Å². The van der Waals surface area contributed by atoms with Crippen LogP contribution < -0.4 is 5.32 Å². The maximum absolute atomic E-state index is 6.12. The highest BCUT2D eigenvalue weighted by molar-refractivity contribution is 9.10. The minimum atomic E-state index is 0.516. The third-order valence-electron chi connectivity index (χ3n) is 3.21. The van der Waals surface area contributed by atoms with Crippen LogP contribution in [0.5, 0.6) is 0 Å². The Balaban J connectivity index is 2.10. The van der Waals surface area contributed by atoms with E-state index in [0.29, 0.717) is 6.04 Å². The molecule has 0 aromatic carbocycles. The lowest BCUT2D eigenvalue weighted by Crippen LogP contribution is -2.32. The Morgan fingerprint density at radius 2 is 2.38 bits per heavy atom. The Morgan fingerprint density at radius 3 is 2.81 bits per heavy atom. The van der Waals surface area contributed by atoms with Gasteiger partial charge in [0.05, 0.1) is 0 Å². The lowest BCUT2D eigenvalue weighted by molar-refractivity contribution is 0.234. The van der Waals surface area contributed by atoms with Crippen molar-refractivity contribution in [2.45, 2.75) is 38.6 Å². The second-order valence-electron chi connectivity index (χ2n) is 4.39. The molecule has 0 saturated heterocycles. The van der Waals surface area contributed by atoms with E-state index in [4.69, 9.17) is 11.6 Å². The fraction of sp³-hybridized carbons (Fsp3) is 0.667. The lowest BCUT2D eigenvalue weighted by atomic mass is 9.79. The normalized spacial score (nSPS) is 18.4. The van der Waals surface area contributed by atoms with Crippen LogP contribution in [0.25, 0.3) is 0 Å². The van der Waals surface area contributed by atoms with Crippen molar-refractivity contribution in [3.63, 3.8) is 0 Å². The number of thiophene rings is 1. The quantitative estimate of drug-likeness (QED) is 0.804. The van der Waals surface area contributed by atoms with Gasteiger partial charge in [-0.25, -0.2) is 0 Å². The van der Waals surface area contributed by atoms with Gasteiger partial charge in [-0.15, -0.1) is 11.3 Å². The first-order valence-corrected chi connectivity index (χ1v) is 7.89. The van der Waals surface area contributed by atoms with E-state index in [2.05, 4.69) is 34.2 Å². The van der Waals surface area contributed by atoms with Crippen molar-refractivity contribution >= 4 is 38.9 Å². The summed E-state index contributed by atoms with van der Waals surface area (Å²) in [6, 6.07) is 2.70. The van der Waals surface area contributed by atoms with Gasteiger partial charge in [-0.2, -0.15) is 0 Å². The minimum Gasteiger partial charge on any atom is -0.309 e. The Bertz CT molecular complexity index is 329. The zero-order chi connectivity index (χ0) is 11.5. The molecule has 1 aromatic heterocycles. The number of hydrogen-bond donors (Lipinski definition) is 1. The summed E-state index contributed by atoms with van der Waals surface area (Å²) in [6.07, 6.45) is 5.28. The van der Waals surface area contributed by atoms with Crippen molar-refractivity contribution in [2.75, 3.05) is 6.54 Å². The molecule has 1 atom stereocenters. The molecule has 0 spiro atoms. The number of halogens is 2. The molecule has 1 unspecified atom stereocenters. The van der Waals surface area contributed by atoms with Gasteiger partial charge in [0.15, 0.2) is 0 Å². The van der Waals surface area contributed by atoms with E-state index >= 15 is 0 Å². The summed E-state index contributed by atoms with van der Waals surface area (Å²) in [4.78, 5) is 1.38. The molecule has 90 valence electrons. The molecule has 1 saturated carbocycles. The second kappa shape index (κ2) is 5.85. The molecular weight excluding hydrogens is 306 g/mol. The molecule has 1 aliphatic rings. The molecule has 1 fully saturated rings. The van der Waals surface area contributed by atoms with Gasteiger partial charge in [-0.1, -0.05) is 24.9 Å². The van der Waals surface area contributed by atoms with E-state index in [1.165, 1.54) is 30.6 Å². The largest absolute Gasteiger partial charge is 0.309 e. The Labute approximate surface area is 115 Å². The summed E-state index contributed by atoms with van der Waals surface area (Å²) in [5.41, 5.74) is 0. The summed E-state index contributed by atoms with van der Waals surface area (Å²) < 4.78 is 1.91. The number of hydrogen-bond acceptors (Lipinski definition) is 2. The van der Waals surface area contributed by atoms with Crippen LogP contribution in [0.2, 0.25) is 4.34 Å². The van der Waals surface area contributed by atoms with Crippen molar-refractivity contribution < 1.29 is 0 Å². The minimum absolute atomic E-state index is 0.516. The van der Waals surface area contributed by atoms with Crippen LogP contribution in [-0.2, 0) is 0 Å². The SMILES string of the molecule is CCCNC(c1cc(Br)c(Cl)s1)C1CCC1. The van der Waals surface area contributed by atoms with Crippen molar-refractivity contribution in [1.29, 1.82) is 0 Å². The van der Waals surface area contributed by atoms with E-state index in [1.807, 2.05) is 0 Å². The highest BCUT2D eigenvalue weighted by Gasteiger charge is 2.29. The molecule has 4 heteroatoms. The average Bonchev–Trinajstić information content (AvgIpc) is 2.50. The first-order chi connectivity index (χ1) is 7.72. The number of rotatable bonds is 5. The van der Waals surface area contributed by atoms with Crippen molar-refractivity contribution in [3.05, 3.63) is 19.8 Å². The highest BCUT2D eigenvalue weighted by atomic mass is 79.9. The first-order valence-electron chi connectivity index (χ1n) is 5.90. The molecule has 0 radical (unpaired) electrons. The Hall–Kier alpha value is 0.430. The standard InChI is InChI=1S/C12H17BrClNS/c1-2-6-15-11(8-4-3-5-8)10-7-9(13)12(14)16-10/h7-8,11,15H,2-6H2,1H3. The predicted octanol–water partition coefficient (Wildman–Crippen LogP) is 5.00. The van der Waals surface area contributed by atoms with Gasteiger partial charge in [-0.05, 0) is 53.7 Å². The summed E-state index contributed by atoms with van der Waals surface area (Å²) in [7, 11) is 0. The maximum atomic E-state index is 6.12. The molecule has 0 aliphatic heterocycles. The third-order valence-corrected chi connectivity index (χ3v) is 5.76. The monoisotopic (exact) mass is 321 g/mol. The van der Waals surface area contributed by atoms with E-state index < -0.39 is 0 Å². The fourth-order valence-electron chi connectivity index (χ4n) is 2.09. The third kappa shape index (κ3) is 2.81. The fourth-order valence-corrected chi connectivity index (χ4v) is 3.99. The van der Waals surface area contributed by atoms with Gasteiger partial charge in [0.2, 0.25) is 0 Å².